The van der Waals surface area contributed by atoms with Crippen molar-refractivity contribution in [2.45, 2.75) is 63.8 Å². The molecule has 3 fully saturated rings. The Balaban J connectivity index is 1.83. The summed E-state index contributed by atoms with van der Waals surface area (Å²) in [4.78, 5) is 25.1. The molecule has 172 valence electrons. The molecule has 4 aliphatic rings. The van der Waals surface area contributed by atoms with Crippen molar-refractivity contribution >= 4 is 11.6 Å². The number of ketones is 2. The third kappa shape index (κ3) is 2.63. The van der Waals surface area contributed by atoms with Crippen molar-refractivity contribution in [2.24, 2.45) is 28.6 Å². The lowest BCUT2D eigenvalue weighted by Crippen LogP contribution is -2.70. The molecule has 7 heteroatoms. The number of allylic oxidation sites excluding steroid dienone is 4. The molecule has 0 aromatic carbocycles. The van der Waals surface area contributed by atoms with Crippen LogP contribution in [0, 0.1) is 28.6 Å². The normalized spacial score (nSPS) is 48.6. The first kappa shape index (κ1) is 22.8. The van der Waals surface area contributed by atoms with Crippen LogP contribution in [0.4, 0.5) is 4.39 Å². The molecule has 4 rings (SSSR count). The van der Waals surface area contributed by atoms with Gasteiger partial charge in [-0.2, -0.15) is 0 Å². The fourth-order valence-corrected chi connectivity index (χ4v) is 7.78. The van der Waals surface area contributed by atoms with Crippen molar-refractivity contribution in [1.29, 1.82) is 0 Å². The minimum absolute atomic E-state index is 0.0229. The van der Waals surface area contributed by atoms with Gasteiger partial charge in [-0.3, -0.25) is 9.59 Å². The number of aliphatic hydroxyl groups excluding tert-OH is 2. The maximum Gasteiger partial charge on any atom is 0.190 e. The summed E-state index contributed by atoms with van der Waals surface area (Å²) in [6, 6.07) is 0. The van der Waals surface area contributed by atoms with Gasteiger partial charge in [0.1, 0.15) is 19.0 Å². The molecule has 0 heterocycles. The van der Waals surface area contributed by atoms with E-state index < -0.39 is 46.5 Å². The standard InChI is InChI=1S/C24H33FO6/c1-14-9-18-17-6-5-15-10-16(27)7-8-21(15,2)23(17,25)19(28)11-22(18,3)24(14,20(29)12-26)31-13-30-4/h7-8,10,14,17-19,26,28H,5-6,9,11-13H2,1-4H3/t14?,17-,18-,19?,21-,22-,23-,24-/m0/s1. The Morgan fingerprint density at radius 3 is 2.68 bits per heavy atom. The lowest BCUT2D eigenvalue weighted by Gasteiger charge is -2.63. The quantitative estimate of drug-likeness (QED) is 0.644. The molecule has 31 heavy (non-hydrogen) atoms. The Hall–Kier alpha value is -1.41. The van der Waals surface area contributed by atoms with Gasteiger partial charge in [0.25, 0.3) is 0 Å². The SMILES string of the molecule is COCO[C@]1(C(=O)CO)C(C)C[C@H]2[C@@H]3CCC4=CC(=O)C=C[C@]4(C)[C@@]3(F)C(O)C[C@@]21C. The van der Waals surface area contributed by atoms with Gasteiger partial charge in [-0.1, -0.05) is 25.5 Å². The van der Waals surface area contributed by atoms with Crippen molar-refractivity contribution in [3.05, 3.63) is 23.8 Å². The second kappa shape index (κ2) is 7.30. The molecule has 4 aliphatic carbocycles. The largest absolute Gasteiger partial charge is 0.390 e. The average Bonchev–Trinajstić information content (AvgIpc) is 2.94. The summed E-state index contributed by atoms with van der Waals surface area (Å²) < 4.78 is 28.3. The summed E-state index contributed by atoms with van der Waals surface area (Å²) >= 11 is 0. The number of alkyl halides is 1. The molecule has 0 radical (unpaired) electrons. The molecule has 0 aliphatic heterocycles. The van der Waals surface area contributed by atoms with Gasteiger partial charge in [0, 0.05) is 23.9 Å². The van der Waals surface area contributed by atoms with Crippen molar-refractivity contribution in [3.63, 3.8) is 0 Å². The number of fused-ring (bicyclic) bond motifs is 5. The highest BCUT2D eigenvalue weighted by molar-refractivity contribution is 6.01. The van der Waals surface area contributed by atoms with Gasteiger partial charge in [0.05, 0.1) is 6.10 Å². The van der Waals surface area contributed by atoms with Crippen LogP contribution in [-0.2, 0) is 19.1 Å². The van der Waals surface area contributed by atoms with Crippen LogP contribution in [0.2, 0.25) is 0 Å². The molecular weight excluding hydrogens is 403 g/mol. The van der Waals surface area contributed by atoms with Crippen molar-refractivity contribution in [3.8, 4) is 0 Å². The van der Waals surface area contributed by atoms with Crippen molar-refractivity contribution in [2.75, 3.05) is 20.5 Å². The Morgan fingerprint density at radius 1 is 1.32 bits per heavy atom. The van der Waals surface area contributed by atoms with E-state index in [4.69, 9.17) is 9.47 Å². The van der Waals surface area contributed by atoms with E-state index >= 15 is 4.39 Å². The predicted octanol–water partition coefficient (Wildman–Crippen LogP) is 2.52. The Labute approximate surface area is 182 Å². The first-order valence-electron chi connectivity index (χ1n) is 11.1. The smallest absolute Gasteiger partial charge is 0.190 e. The first-order valence-corrected chi connectivity index (χ1v) is 11.1. The summed E-state index contributed by atoms with van der Waals surface area (Å²) in [5, 5.41) is 21.2. The first-order chi connectivity index (χ1) is 14.5. The number of carbonyl (C=O) groups excluding carboxylic acids is 2. The summed E-state index contributed by atoms with van der Waals surface area (Å²) in [6.07, 6.45) is 4.79. The van der Waals surface area contributed by atoms with E-state index in [2.05, 4.69) is 0 Å². The summed E-state index contributed by atoms with van der Waals surface area (Å²) in [7, 11) is 1.46. The third-order valence-corrected chi connectivity index (χ3v) is 9.14. The molecule has 0 bridgehead atoms. The van der Waals surface area contributed by atoms with Crippen LogP contribution >= 0.6 is 0 Å². The van der Waals surface area contributed by atoms with Crippen molar-refractivity contribution < 1.29 is 33.7 Å². The molecule has 0 amide bonds. The van der Waals surface area contributed by atoms with Gasteiger partial charge in [-0.05, 0) is 56.6 Å². The maximum atomic E-state index is 17.1. The van der Waals surface area contributed by atoms with Crippen LogP contribution in [0.3, 0.4) is 0 Å². The fraction of sp³-hybridized carbons (Fsp3) is 0.750. The van der Waals surface area contributed by atoms with Crippen LogP contribution in [0.1, 0.15) is 46.5 Å². The number of rotatable bonds is 5. The van der Waals surface area contributed by atoms with Gasteiger partial charge >= 0.3 is 0 Å². The maximum absolute atomic E-state index is 17.1. The highest BCUT2D eigenvalue weighted by Gasteiger charge is 2.76. The number of halogens is 1. The number of methoxy groups -OCH3 is 1. The van der Waals surface area contributed by atoms with E-state index in [0.717, 1.165) is 5.57 Å². The molecule has 0 aromatic heterocycles. The van der Waals surface area contributed by atoms with Gasteiger partial charge in [0.2, 0.25) is 0 Å². The van der Waals surface area contributed by atoms with Gasteiger partial charge in [-0.15, -0.1) is 0 Å². The molecule has 2 unspecified atom stereocenters. The van der Waals surface area contributed by atoms with Crippen molar-refractivity contribution in [1.82, 2.24) is 0 Å². The van der Waals surface area contributed by atoms with Crippen LogP contribution in [0.25, 0.3) is 0 Å². The molecule has 3 saturated carbocycles. The zero-order valence-corrected chi connectivity index (χ0v) is 18.7. The molecule has 0 spiro atoms. The summed E-state index contributed by atoms with van der Waals surface area (Å²) in [5.74, 6) is -1.62. The number of ether oxygens (including phenoxy) is 2. The predicted molar refractivity (Wildman–Crippen MR) is 111 cm³/mol. The van der Waals surface area contributed by atoms with E-state index in [1.807, 2.05) is 13.8 Å². The average molecular weight is 437 g/mol. The van der Waals surface area contributed by atoms with E-state index in [9.17, 15) is 19.8 Å². The fourth-order valence-electron chi connectivity index (χ4n) is 7.78. The zero-order chi connectivity index (χ0) is 22.8. The van der Waals surface area contributed by atoms with E-state index in [0.29, 0.717) is 19.3 Å². The van der Waals surface area contributed by atoms with Crippen LogP contribution in [-0.4, -0.2) is 59.7 Å². The Kier molecular flexibility index (Phi) is 5.36. The summed E-state index contributed by atoms with van der Waals surface area (Å²) in [5.41, 5.74) is -4.54. The second-order valence-electron chi connectivity index (χ2n) is 10.3. The molecule has 0 saturated heterocycles. The van der Waals surface area contributed by atoms with Crippen LogP contribution in [0.15, 0.2) is 23.8 Å². The number of carbonyl (C=O) groups is 2. The molecule has 0 aromatic rings. The lowest BCUT2D eigenvalue weighted by atomic mass is 9.44. The van der Waals surface area contributed by atoms with E-state index in [1.165, 1.54) is 19.3 Å². The minimum Gasteiger partial charge on any atom is -0.390 e. The number of aliphatic hydroxyl groups is 2. The van der Waals surface area contributed by atoms with Gasteiger partial charge < -0.3 is 19.7 Å². The Morgan fingerprint density at radius 2 is 2.03 bits per heavy atom. The minimum atomic E-state index is -1.96. The van der Waals surface area contributed by atoms with Gasteiger partial charge in [-0.25, -0.2) is 4.39 Å². The molecule has 8 atom stereocenters. The lowest BCUT2D eigenvalue weighted by molar-refractivity contribution is -0.242. The Bertz CT molecular complexity index is 853. The zero-order valence-electron chi connectivity index (χ0n) is 18.7. The highest BCUT2D eigenvalue weighted by Crippen LogP contribution is 2.71. The van der Waals surface area contributed by atoms with E-state index in [1.54, 1.807) is 13.0 Å². The third-order valence-electron chi connectivity index (χ3n) is 9.14. The number of Topliss-reactive ketones (excluding diaryl/α,β-unsaturated/α-hetero) is 1. The van der Waals surface area contributed by atoms with Crippen LogP contribution in [0.5, 0.6) is 0 Å². The second-order valence-corrected chi connectivity index (χ2v) is 10.3. The monoisotopic (exact) mass is 436 g/mol. The topological polar surface area (TPSA) is 93.1 Å². The molecule has 6 nitrogen and oxygen atoms in total. The summed E-state index contributed by atoms with van der Waals surface area (Å²) in [6.45, 7) is 4.74. The number of hydrogen-bond donors (Lipinski definition) is 2. The molecular formula is C24H33FO6. The van der Waals surface area contributed by atoms with Gasteiger partial charge in [0.15, 0.2) is 17.2 Å². The number of hydrogen-bond acceptors (Lipinski definition) is 6. The highest BCUT2D eigenvalue weighted by atomic mass is 19.1. The van der Waals surface area contributed by atoms with Crippen LogP contribution < -0.4 is 0 Å². The van der Waals surface area contributed by atoms with E-state index in [-0.39, 0.29) is 30.8 Å². The molecule has 2 N–H and O–H groups in total.